The van der Waals surface area contributed by atoms with E-state index in [4.69, 9.17) is 0 Å². The zero-order chi connectivity index (χ0) is 14.8. The van der Waals surface area contributed by atoms with Gasteiger partial charge in [-0.05, 0) is 50.0 Å². The largest absolute Gasteiger partial charge is 0.299 e. The van der Waals surface area contributed by atoms with E-state index in [-0.39, 0.29) is 0 Å². The van der Waals surface area contributed by atoms with E-state index in [0.717, 1.165) is 23.6 Å². The van der Waals surface area contributed by atoms with Crippen molar-refractivity contribution in [1.82, 2.24) is 18.5 Å². The van der Waals surface area contributed by atoms with E-state index in [2.05, 4.69) is 36.7 Å². The van der Waals surface area contributed by atoms with Gasteiger partial charge in [0.2, 0.25) is 0 Å². The number of aromatic nitrogens is 2. The molecule has 1 aromatic heterocycles. The molecule has 4 nitrogen and oxygen atoms in total. The van der Waals surface area contributed by atoms with Crippen LogP contribution in [0.5, 0.6) is 0 Å². The van der Waals surface area contributed by atoms with Crippen molar-refractivity contribution in [3.8, 4) is 0 Å². The van der Waals surface area contributed by atoms with Crippen LogP contribution in [0.25, 0.3) is 11.0 Å². The van der Waals surface area contributed by atoms with Gasteiger partial charge in [0, 0.05) is 25.7 Å². The first-order chi connectivity index (χ1) is 10.9. The highest BCUT2D eigenvalue weighted by molar-refractivity contribution is 7.00. The van der Waals surface area contributed by atoms with E-state index in [9.17, 15) is 0 Å². The minimum absolute atomic E-state index is 0.873. The van der Waals surface area contributed by atoms with E-state index < -0.39 is 0 Å². The third kappa shape index (κ3) is 3.16. The van der Waals surface area contributed by atoms with E-state index >= 15 is 0 Å². The van der Waals surface area contributed by atoms with Gasteiger partial charge in [0.15, 0.2) is 0 Å². The molecule has 0 radical (unpaired) electrons. The summed E-state index contributed by atoms with van der Waals surface area (Å²) in [6.45, 7) is 5.99. The van der Waals surface area contributed by atoms with Crippen LogP contribution in [0.2, 0.25) is 0 Å². The highest BCUT2D eigenvalue weighted by Gasteiger charge is 2.24. The molecule has 0 bridgehead atoms. The first-order valence-electron chi connectivity index (χ1n) is 8.56. The average molecular weight is 316 g/mol. The van der Waals surface area contributed by atoms with Crippen LogP contribution < -0.4 is 0 Å². The Hall–Kier alpha value is -1.04. The molecule has 0 unspecified atom stereocenters. The molecule has 0 amide bonds. The number of rotatable bonds is 3. The van der Waals surface area contributed by atoms with E-state index in [1.54, 1.807) is 0 Å². The molecule has 5 heteroatoms. The highest BCUT2D eigenvalue weighted by Crippen LogP contribution is 2.24. The van der Waals surface area contributed by atoms with Crippen molar-refractivity contribution in [3.05, 3.63) is 23.8 Å². The fraction of sp³-hybridized carbons (Fsp3) is 0.647. The van der Waals surface area contributed by atoms with Crippen LogP contribution in [-0.4, -0.2) is 50.8 Å². The van der Waals surface area contributed by atoms with Crippen LogP contribution in [0.1, 0.15) is 37.7 Å². The van der Waals surface area contributed by atoms with Gasteiger partial charge >= 0.3 is 0 Å². The molecule has 2 heterocycles. The first-order valence-corrected chi connectivity index (χ1v) is 9.29. The molecule has 1 saturated carbocycles. The smallest absolute Gasteiger partial charge is 0.105 e. The SMILES string of the molecule is c1cc2nsnc2cc1CN1CCCN(C2CCCC2)CC1. The Morgan fingerprint density at radius 2 is 1.82 bits per heavy atom. The fourth-order valence-corrected chi connectivity index (χ4v) is 4.49. The topological polar surface area (TPSA) is 32.3 Å². The van der Waals surface area contributed by atoms with Crippen molar-refractivity contribution < 1.29 is 0 Å². The van der Waals surface area contributed by atoms with E-state index in [1.165, 1.54) is 75.6 Å². The second kappa shape index (κ2) is 6.60. The van der Waals surface area contributed by atoms with Gasteiger partial charge in [0.05, 0.1) is 11.7 Å². The van der Waals surface area contributed by atoms with Gasteiger partial charge in [-0.15, -0.1) is 0 Å². The predicted molar refractivity (Wildman–Crippen MR) is 91.1 cm³/mol. The van der Waals surface area contributed by atoms with Crippen molar-refractivity contribution in [2.45, 2.75) is 44.7 Å². The summed E-state index contributed by atoms with van der Waals surface area (Å²) in [6.07, 6.45) is 7.02. The van der Waals surface area contributed by atoms with Gasteiger partial charge in [-0.1, -0.05) is 18.9 Å². The normalized spacial score (nSPS) is 22.4. The molecule has 1 aliphatic heterocycles. The minimum atomic E-state index is 0.873. The standard InChI is InChI=1S/C17H24N4S/c1-2-5-15(4-1)21-9-3-8-20(10-11-21)13-14-6-7-16-17(12-14)19-22-18-16/h6-7,12,15H,1-5,8-11,13H2. The third-order valence-corrected chi connectivity index (χ3v) is 5.75. The Morgan fingerprint density at radius 3 is 2.73 bits per heavy atom. The number of fused-ring (bicyclic) bond motifs is 1. The monoisotopic (exact) mass is 316 g/mol. The number of benzene rings is 1. The summed E-state index contributed by atoms with van der Waals surface area (Å²) < 4.78 is 8.65. The molecule has 4 rings (SSSR count). The summed E-state index contributed by atoms with van der Waals surface area (Å²) >= 11 is 1.31. The molecular formula is C17H24N4S. The summed E-state index contributed by atoms with van der Waals surface area (Å²) in [4.78, 5) is 5.36. The molecule has 1 saturated heterocycles. The summed E-state index contributed by atoms with van der Waals surface area (Å²) in [6, 6.07) is 7.40. The second-order valence-corrected chi connectivity index (χ2v) is 7.22. The lowest BCUT2D eigenvalue weighted by Crippen LogP contribution is -2.36. The Bertz CT molecular complexity index is 620. The zero-order valence-electron chi connectivity index (χ0n) is 13.1. The molecule has 2 aliphatic rings. The Kier molecular flexibility index (Phi) is 4.37. The molecule has 1 aliphatic carbocycles. The zero-order valence-corrected chi connectivity index (χ0v) is 13.9. The van der Waals surface area contributed by atoms with Crippen LogP contribution in [0.3, 0.4) is 0 Å². The van der Waals surface area contributed by atoms with Crippen LogP contribution >= 0.6 is 11.7 Å². The quantitative estimate of drug-likeness (QED) is 0.871. The Balaban J connectivity index is 1.38. The van der Waals surface area contributed by atoms with Gasteiger partial charge in [-0.25, -0.2) is 0 Å². The van der Waals surface area contributed by atoms with Gasteiger partial charge in [0.1, 0.15) is 11.0 Å². The Labute approximate surface area is 136 Å². The molecule has 118 valence electrons. The van der Waals surface area contributed by atoms with Crippen molar-refractivity contribution in [2.75, 3.05) is 26.2 Å². The van der Waals surface area contributed by atoms with Gasteiger partial charge in [0.25, 0.3) is 0 Å². The maximum atomic E-state index is 4.36. The number of hydrogen-bond donors (Lipinski definition) is 0. The van der Waals surface area contributed by atoms with Crippen LogP contribution in [0.4, 0.5) is 0 Å². The van der Waals surface area contributed by atoms with Crippen molar-refractivity contribution in [1.29, 1.82) is 0 Å². The van der Waals surface area contributed by atoms with Gasteiger partial charge in [-0.2, -0.15) is 8.75 Å². The lowest BCUT2D eigenvalue weighted by molar-refractivity contribution is 0.198. The van der Waals surface area contributed by atoms with Gasteiger partial charge < -0.3 is 0 Å². The minimum Gasteiger partial charge on any atom is -0.299 e. The van der Waals surface area contributed by atoms with E-state index in [0.29, 0.717) is 0 Å². The fourth-order valence-electron chi connectivity index (χ4n) is 3.97. The van der Waals surface area contributed by atoms with E-state index in [1.807, 2.05) is 0 Å². The molecule has 0 N–H and O–H groups in total. The summed E-state index contributed by atoms with van der Waals surface area (Å²) in [5.41, 5.74) is 3.44. The lowest BCUT2D eigenvalue weighted by Gasteiger charge is -2.27. The second-order valence-electron chi connectivity index (χ2n) is 6.69. The van der Waals surface area contributed by atoms with Crippen molar-refractivity contribution in [3.63, 3.8) is 0 Å². The third-order valence-electron chi connectivity index (χ3n) is 5.19. The number of nitrogens with zero attached hydrogens (tertiary/aromatic N) is 4. The summed E-state index contributed by atoms with van der Waals surface area (Å²) in [7, 11) is 0. The highest BCUT2D eigenvalue weighted by atomic mass is 32.1. The van der Waals surface area contributed by atoms with Crippen LogP contribution in [0.15, 0.2) is 18.2 Å². The predicted octanol–water partition coefficient (Wildman–Crippen LogP) is 3.14. The first kappa shape index (κ1) is 14.5. The molecule has 0 atom stereocenters. The molecule has 0 spiro atoms. The maximum absolute atomic E-state index is 4.36. The molecule has 22 heavy (non-hydrogen) atoms. The summed E-state index contributed by atoms with van der Waals surface area (Å²) in [5.74, 6) is 0. The van der Waals surface area contributed by atoms with Crippen LogP contribution in [-0.2, 0) is 6.54 Å². The summed E-state index contributed by atoms with van der Waals surface area (Å²) in [5, 5.41) is 0. The molecular weight excluding hydrogens is 292 g/mol. The Morgan fingerprint density at radius 1 is 0.955 bits per heavy atom. The average Bonchev–Trinajstić information content (AvgIpc) is 3.16. The van der Waals surface area contributed by atoms with Crippen molar-refractivity contribution >= 4 is 22.8 Å². The lowest BCUT2D eigenvalue weighted by atomic mass is 10.2. The number of hydrogen-bond acceptors (Lipinski definition) is 5. The van der Waals surface area contributed by atoms with Gasteiger partial charge in [-0.3, -0.25) is 9.80 Å². The van der Waals surface area contributed by atoms with Crippen LogP contribution in [0, 0.1) is 0 Å². The van der Waals surface area contributed by atoms with Crippen molar-refractivity contribution in [2.24, 2.45) is 0 Å². The molecule has 2 aromatic rings. The molecule has 2 fully saturated rings. The maximum Gasteiger partial charge on any atom is 0.105 e. The molecule has 1 aromatic carbocycles.